The van der Waals surface area contributed by atoms with Crippen LogP contribution in [-0.4, -0.2) is 25.8 Å². The molecule has 104 valence electrons. The van der Waals surface area contributed by atoms with Crippen molar-refractivity contribution in [2.24, 2.45) is 0 Å². The fraction of sp³-hybridized carbons (Fsp3) is 0. The number of carboxylic acids is 1. The smallest absolute Gasteiger partial charge is 0.339 e. The first-order chi connectivity index (χ1) is 10.2. The monoisotopic (exact) mass is 283 g/mol. The Hall–Kier alpha value is -3.02. The molecule has 1 aromatic carbocycles. The first-order valence-electron chi connectivity index (χ1n) is 6.15. The average molecular weight is 283 g/mol. The zero-order valence-electron chi connectivity index (χ0n) is 10.8. The summed E-state index contributed by atoms with van der Waals surface area (Å²) >= 11 is 0. The zero-order chi connectivity index (χ0) is 14.8. The lowest BCUT2D eigenvalue weighted by molar-refractivity contribution is 0.0697. The van der Waals surface area contributed by atoms with Crippen molar-refractivity contribution < 1.29 is 14.3 Å². The summed E-state index contributed by atoms with van der Waals surface area (Å²) in [7, 11) is 0. The molecule has 2 aromatic heterocycles. The van der Waals surface area contributed by atoms with Crippen LogP contribution in [0.1, 0.15) is 10.4 Å². The van der Waals surface area contributed by atoms with E-state index in [1.54, 1.807) is 36.7 Å². The van der Waals surface area contributed by atoms with Gasteiger partial charge in [-0.3, -0.25) is 4.98 Å². The molecule has 21 heavy (non-hydrogen) atoms. The van der Waals surface area contributed by atoms with Crippen molar-refractivity contribution in [2.45, 2.75) is 0 Å². The third-order valence-electron chi connectivity index (χ3n) is 3.00. The van der Waals surface area contributed by atoms with E-state index in [1.165, 1.54) is 23.0 Å². The number of pyridine rings is 1. The molecule has 0 bridgehead atoms. The van der Waals surface area contributed by atoms with E-state index in [4.69, 9.17) is 0 Å². The molecule has 3 aromatic rings. The Morgan fingerprint density at radius 2 is 1.86 bits per heavy atom. The van der Waals surface area contributed by atoms with Crippen LogP contribution in [0.15, 0.2) is 55.0 Å². The van der Waals surface area contributed by atoms with E-state index in [1.807, 2.05) is 0 Å². The van der Waals surface area contributed by atoms with Crippen molar-refractivity contribution in [2.75, 3.05) is 0 Å². The molecule has 0 saturated carbocycles. The number of halogens is 1. The van der Waals surface area contributed by atoms with Crippen molar-refractivity contribution in [3.63, 3.8) is 0 Å². The van der Waals surface area contributed by atoms with E-state index in [2.05, 4.69) is 10.1 Å². The number of benzene rings is 1. The van der Waals surface area contributed by atoms with Gasteiger partial charge in [0.2, 0.25) is 0 Å². The van der Waals surface area contributed by atoms with Gasteiger partial charge in [-0.05, 0) is 24.3 Å². The molecule has 0 amide bonds. The van der Waals surface area contributed by atoms with Crippen molar-refractivity contribution in [1.82, 2.24) is 14.8 Å². The predicted octanol–water partition coefficient (Wildman–Crippen LogP) is 2.77. The Labute approximate surface area is 119 Å². The number of para-hydroxylation sites is 1. The summed E-state index contributed by atoms with van der Waals surface area (Å²) in [6.07, 6.45) is 4.39. The predicted molar refractivity (Wildman–Crippen MR) is 73.7 cm³/mol. The van der Waals surface area contributed by atoms with E-state index < -0.39 is 11.8 Å². The summed E-state index contributed by atoms with van der Waals surface area (Å²) in [5.74, 6) is -1.59. The molecule has 0 aliphatic heterocycles. The van der Waals surface area contributed by atoms with Crippen LogP contribution < -0.4 is 0 Å². The number of rotatable bonds is 3. The van der Waals surface area contributed by atoms with E-state index in [-0.39, 0.29) is 16.9 Å². The minimum Gasteiger partial charge on any atom is -0.478 e. The second-order valence-corrected chi connectivity index (χ2v) is 4.33. The second kappa shape index (κ2) is 5.16. The van der Waals surface area contributed by atoms with E-state index in [0.717, 1.165) is 0 Å². The fourth-order valence-electron chi connectivity index (χ4n) is 2.01. The van der Waals surface area contributed by atoms with Gasteiger partial charge in [0.25, 0.3) is 0 Å². The Morgan fingerprint density at radius 3 is 2.52 bits per heavy atom. The summed E-state index contributed by atoms with van der Waals surface area (Å²) in [6.45, 7) is 0. The lowest BCUT2D eigenvalue weighted by Crippen LogP contribution is -1.98. The molecule has 1 N–H and O–H groups in total. The van der Waals surface area contributed by atoms with Gasteiger partial charge < -0.3 is 5.11 Å². The second-order valence-electron chi connectivity index (χ2n) is 4.33. The number of aromatic carboxylic acids is 1. The van der Waals surface area contributed by atoms with Gasteiger partial charge in [-0.15, -0.1) is 0 Å². The molecule has 0 saturated heterocycles. The van der Waals surface area contributed by atoms with E-state index in [0.29, 0.717) is 5.56 Å². The lowest BCUT2D eigenvalue weighted by Gasteiger charge is -2.02. The normalized spacial score (nSPS) is 10.5. The maximum absolute atomic E-state index is 13.8. The molecule has 0 unspecified atom stereocenters. The molecular weight excluding hydrogens is 273 g/mol. The summed E-state index contributed by atoms with van der Waals surface area (Å²) in [4.78, 5) is 15.2. The van der Waals surface area contributed by atoms with Crippen LogP contribution in [0.4, 0.5) is 4.39 Å². The fourth-order valence-corrected chi connectivity index (χ4v) is 2.01. The van der Waals surface area contributed by atoms with Crippen LogP contribution in [0.2, 0.25) is 0 Å². The van der Waals surface area contributed by atoms with Gasteiger partial charge in [-0.2, -0.15) is 5.10 Å². The van der Waals surface area contributed by atoms with Crippen LogP contribution in [0.25, 0.3) is 16.9 Å². The maximum Gasteiger partial charge on any atom is 0.339 e. The summed E-state index contributed by atoms with van der Waals surface area (Å²) < 4.78 is 15.0. The van der Waals surface area contributed by atoms with Crippen molar-refractivity contribution in [3.8, 4) is 16.9 Å². The quantitative estimate of drug-likeness (QED) is 0.802. The van der Waals surface area contributed by atoms with E-state index in [9.17, 15) is 14.3 Å². The number of nitrogens with zero attached hydrogens (tertiary/aromatic N) is 3. The minimum atomic E-state index is -1.12. The van der Waals surface area contributed by atoms with Crippen LogP contribution in [0.3, 0.4) is 0 Å². The lowest BCUT2D eigenvalue weighted by atomic mass is 10.1. The highest BCUT2D eigenvalue weighted by molar-refractivity contribution is 5.94. The van der Waals surface area contributed by atoms with E-state index >= 15 is 0 Å². The number of carbonyl (C=O) groups is 1. The summed E-state index contributed by atoms with van der Waals surface area (Å²) in [6, 6.07) is 9.35. The molecule has 0 spiro atoms. The molecule has 2 heterocycles. The SMILES string of the molecule is O=C(O)c1cn(-c2ccccc2F)nc1-c1ccncc1. The van der Waals surface area contributed by atoms with Gasteiger partial charge in [0.05, 0.1) is 0 Å². The Kier molecular flexibility index (Phi) is 3.19. The molecule has 0 fully saturated rings. The van der Waals surface area contributed by atoms with Crippen molar-refractivity contribution >= 4 is 5.97 Å². The topological polar surface area (TPSA) is 68.0 Å². The Bertz CT molecular complexity index is 800. The highest BCUT2D eigenvalue weighted by Crippen LogP contribution is 2.23. The van der Waals surface area contributed by atoms with Crippen LogP contribution >= 0.6 is 0 Å². The zero-order valence-corrected chi connectivity index (χ0v) is 10.8. The van der Waals surface area contributed by atoms with Gasteiger partial charge in [0.1, 0.15) is 22.8 Å². The minimum absolute atomic E-state index is 0.00412. The van der Waals surface area contributed by atoms with Gasteiger partial charge in [0, 0.05) is 24.2 Å². The Morgan fingerprint density at radius 1 is 1.14 bits per heavy atom. The van der Waals surface area contributed by atoms with Crippen molar-refractivity contribution in [1.29, 1.82) is 0 Å². The number of hydrogen-bond acceptors (Lipinski definition) is 3. The number of hydrogen-bond donors (Lipinski definition) is 1. The third kappa shape index (κ3) is 2.38. The molecule has 0 atom stereocenters. The molecule has 0 aliphatic carbocycles. The van der Waals surface area contributed by atoms with Crippen LogP contribution in [0, 0.1) is 5.82 Å². The standard InChI is InChI=1S/C15H10FN3O2/c16-12-3-1-2-4-13(12)19-9-11(15(20)21)14(18-19)10-5-7-17-8-6-10/h1-9H,(H,20,21). The first kappa shape index (κ1) is 13.0. The van der Waals surface area contributed by atoms with Crippen molar-refractivity contribution in [3.05, 3.63) is 66.4 Å². The molecule has 5 nitrogen and oxygen atoms in total. The number of carboxylic acid groups (broad SMARTS) is 1. The molecular formula is C15H10FN3O2. The van der Waals surface area contributed by atoms with Gasteiger partial charge in [-0.25, -0.2) is 13.9 Å². The highest BCUT2D eigenvalue weighted by Gasteiger charge is 2.18. The molecule has 3 rings (SSSR count). The first-order valence-corrected chi connectivity index (χ1v) is 6.15. The Balaban J connectivity index is 2.18. The molecule has 0 aliphatic rings. The van der Waals surface area contributed by atoms with Crippen LogP contribution in [-0.2, 0) is 0 Å². The number of aromatic nitrogens is 3. The molecule has 6 heteroatoms. The maximum atomic E-state index is 13.8. The summed E-state index contributed by atoms with van der Waals surface area (Å²) in [5.41, 5.74) is 1.08. The van der Waals surface area contributed by atoms with Gasteiger partial charge >= 0.3 is 5.97 Å². The van der Waals surface area contributed by atoms with Gasteiger partial charge in [0.15, 0.2) is 0 Å². The largest absolute Gasteiger partial charge is 0.478 e. The summed E-state index contributed by atoms with van der Waals surface area (Å²) in [5, 5.41) is 13.5. The third-order valence-corrected chi connectivity index (χ3v) is 3.00. The average Bonchev–Trinajstić information content (AvgIpc) is 2.94. The van der Waals surface area contributed by atoms with Crippen LogP contribution in [0.5, 0.6) is 0 Å². The highest BCUT2D eigenvalue weighted by atomic mass is 19.1. The molecule has 0 radical (unpaired) electrons. The van der Waals surface area contributed by atoms with Gasteiger partial charge in [-0.1, -0.05) is 12.1 Å².